The molecule has 104 valence electrons. The van der Waals surface area contributed by atoms with E-state index in [0.29, 0.717) is 6.54 Å². The molecule has 0 spiro atoms. The fourth-order valence-electron chi connectivity index (χ4n) is 2.04. The molecule has 20 heavy (non-hydrogen) atoms. The lowest BCUT2D eigenvalue weighted by molar-refractivity contribution is 0.421. The Kier molecular flexibility index (Phi) is 3.36. The summed E-state index contributed by atoms with van der Waals surface area (Å²) in [6, 6.07) is 10.5. The van der Waals surface area contributed by atoms with E-state index in [9.17, 15) is 0 Å². The summed E-state index contributed by atoms with van der Waals surface area (Å²) in [5.41, 5.74) is 1.03. The summed E-state index contributed by atoms with van der Waals surface area (Å²) < 4.78 is 6.88. The van der Waals surface area contributed by atoms with Crippen molar-refractivity contribution >= 4 is 21.4 Å². The number of nitrogens with one attached hydrogen (secondary N) is 1. The Balaban J connectivity index is 1.92. The van der Waals surface area contributed by atoms with Crippen molar-refractivity contribution in [2.75, 3.05) is 0 Å². The van der Waals surface area contributed by atoms with Crippen molar-refractivity contribution in [2.24, 2.45) is 0 Å². The summed E-state index contributed by atoms with van der Waals surface area (Å²) in [7, 11) is 0. The third kappa shape index (κ3) is 2.76. The molecule has 1 N–H and O–H groups in total. The quantitative estimate of drug-likeness (QED) is 0.773. The van der Waals surface area contributed by atoms with Gasteiger partial charge in [-0.05, 0) is 38.3 Å². The van der Waals surface area contributed by atoms with E-state index in [4.69, 9.17) is 4.42 Å². The Morgan fingerprint density at radius 2 is 2.05 bits per heavy atom. The number of nitrogens with zero attached hydrogens (tertiary/aromatic N) is 1. The molecular weight excluding hydrogens is 268 g/mol. The first kappa shape index (κ1) is 13.3. The van der Waals surface area contributed by atoms with E-state index in [2.05, 4.69) is 61.4 Å². The third-order valence-electron chi connectivity index (χ3n) is 3.08. The normalized spacial score (nSPS) is 12.2. The summed E-state index contributed by atoms with van der Waals surface area (Å²) in [5, 5.41) is 4.70. The second-order valence-corrected chi connectivity index (χ2v) is 6.96. The van der Waals surface area contributed by atoms with E-state index in [0.717, 1.165) is 16.3 Å². The van der Waals surface area contributed by atoms with Crippen LogP contribution in [0.4, 0.5) is 0 Å². The van der Waals surface area contributed by atoms with Crippen molar-refractivity contribution in [3.63, 3.8) is 0 Å². The molecular formula is C16H18N2OS. The zero-order valence-corrected chi connectivity index (χ0v) is 12.8. The summed E-state index contributed by atoms with van der Waals surface area (Å²) >= 11 is 1.74. The maximum atomic E-state index is 5.60. The van der Waals surface area contributed by atoms with E-state index in [1.807, 2.05) is 0 Å². The van der Waals surface area contributed by atoms with Gasteiger partial charge in [-0.1, -0.05) is 18.2 Å². The first-order chi connectivity index (χ1) is 9.53. The lowest BCUT2D eigenvalue weighted by Crippen LogP contribution is -2.35. The second kappa shape index (κ2) is 5.04. The van der Waals surface area contributed by atoms with Crippen molar-refractivity contribution in [1.82, 2.24) is 10.3 Å². The van der Waals surface area contributed by atoms with Gasteiger partial charge in [0.1, 0.15) is 5.69 Å². The number of aromatic nitrogens is 1. The number of benzene rings is 1. The lowest BCUT2D eigenvalue weighted by atomic mass is 10.1. The highest BCUT2D eigenvalue weighted by molar-refractivity contribution is 7.22. The van der Waals surface area contributed by atoms with Crippen LogP contribution in [0.5, 0.6) is 0 Å². The molecule has 0 amide bonds. The van der Waals surface area contributed by atoms with Crippen LogP contribution in [0.3, 0.4) is 0 Å². The topological polar surface area (TPSA) is 38.1 Å². The van der Waals surface area contributed by atoms with Gasteiger partial charge in [-0.15, -0.1) is 11.3 Å². The van der Waals surface area contributed by atoms with Gasteiger partial charge >= 0.3 is 0 Å². The smallest absolute Gasteiger partial charge is 0.181 e. The van der Waals surface area contributed by atoms with Crippen LogP contribution < -0.4 is 5.32 Å². The molecule has 0 saturated heterocycles. The Morgan fingerprint density at radius 1 is 1.25 bits per heavy atom. The fourth-order valence-corrected chi connectivity index (χ4v) is 3.11. The van der Waals surface area contributed by atoms with Gasteiger partial charge in [0, 0.05) is 16.8 Å². The number of thiophene rings is 1. The highest BCUT2D eigenvalue weighted by atomic mass is 32.1. The number of oxazole rings is 1. The minimum atomic E-state index is 0.0659. The van der Waals surface area contributed by atoms with Crippen molar-refractivity contribution in [3.8, 4) is 10.6 Å². The highest BCUT2D eigenvalue weighted by Gasteiger charge is 2.16. The Bertz CT molecular complexity index is 688. The predicted octanol–water partition coefficient (Wildman–Crippen LogP) is 4.44. The average Bonchev–Trinajstić information content (AvgIpc) is 3.01. The summed E-state index contributed by atoms with van der Waals surface area (Å²) in [5.74, 6) is 0.878. The number of hydrogen-bond donors (Lipinski definition) is 1. The minimum absolute atomic E-state index is 0.0659. The summed E-state index contributed by atoms with van der Waals surface area (Å²) in [4.78, 5) is 5.48. The van der Waals surface area contributed by atoms with E-state index in [1.54, 1.807) is 11.3 Å². The fraction of sp³-hybridized carbons (Fsp3) is 0.312. The van der Waals surface area contributed by atoms with Crippen molar-refractivity contribution in [2.45, 2.75) is 32.9 Å². The van der Waals surface area contributed by atoms with E-state index in [-0.39, 0.29) is 5.54 Å². The molecule has 0 atom stereocenters. The van der Waals surface area contributed by atoms with Gasteiger partial charge in [0.2, 0.25) is 0 Å². The third-order valence-corrected chi connectivity index (χ3v) is 4.19. The molecule has 0 saturated carbocycles. The largest absolute Gasteiger partial charge is 0.442 e. The van der Waals surface area contributed by atoms with Crippen LogP contribution in [-0.4, -0.2) is 10.5 Å². The number of fused-ring (bicyclic) bond motifs is 1. The van der Waals surface area contributed by atoms with Crippen LogP contribution >= 0.6 is 11.3 Å². The average molecular weight is 286 g/mol. The van der Waals surface area contributed by atoms with E-state index < -0.39 is 0 Å². The predicted molar refractivity (Wildman–Crippen MR) is 83.9 cm³/mol. The van der Waals surface area contributed by atoms with Crippen LogP contribution in [0.15, 0.2) is 41.1 Å². The molecule has 0 aliphatic carbocycles. The molecule has 3 rings (SSSR count). The first-order valence-electron chi connectivity index (χ1n) is 6.69. The monoisotopic (exact) mass is 286 g/mol. The Morgan fingerprint density at radius 3 is 2.80 bits per heavy atom. The van der Waals surface area contributed by atoms with Crippen LogP contribution in [0.2, 0.25) is 0 Å². The van der Waals surface area contributed by atoms with Crippen molar-refractivity contribution < 1.29 is 4.42 Å². The number of hydrogen-bond acceptors (Lipinski definition) is 4. The highest BCUT2D eigenvalue weighted by Crippen LogP contribution is 2.34. The maximum absolute atomic E-state index is 5.60. The second-order valence-electron chi connectivity index (χ2n) is 5.88. The Hall–Kier alpha value is -1.65. The van der Waals surface area contributed by atoms with Gasteiger partial charge < -0.3 is 9.73 Å². The Labute approximate surface area is 122 Å². The minimum Gasteiger partial charge on any atom is -0.442 e. The molecule has 0 fully saturated rings. The molecule has 0 aliphatic rings. The SMILES string of the molecule is CC(C)(C)NCc1ncoc1-c1cc2ccccc2s1. The molecule has 0 unspecified atom stereocenters. The molecule has 3 aromatic rings. The molecule has 4 heteroatoms. The summed E-state index contributed by atoms with van der Waals surface area (Å²) in [6.07, 6.45) is 1.53. The molecule has 3 nitrogen and oxygen atoms in total. The van der Waals surface area contributed by atoms with E-state index in [1.165, 1.54) is 16.5 Å². The van der Waals surface area contributed by atoms with Gasteiger partial charge in [-0.25, -0.2) is 4.98 Å². The van der Waals surface area contributed by atoms with Gasteiger partial charge in [0.05, 0.1) is 4.88 Å². The lowest BCUT2D eigenvalue weighted by Gasteiger charge is -2.19. The van der Waals surface area contributed by atoms with Gasteiger partial charge in [-0.3, -0.25) is 0 Å². The van der Waals surface area contributed by atoms with Crippen molar-refractivity contribution in [3.05, 3.63) is 42.4 Å². The van der Waals surface area contributed by atoms with Crippen LogP contribution in [-0.2, 0) is 6.54 Å². The van der Waals surface area contributed by atoms with Crippen LogP contribution in [0, 0.1) is 0 Å². The zero-order chi connectivity index (χ0) is 14.2. The van der Waals surface area contributed by atoms with Gasteiger partial charge in [0.15, 0.2) is 12.2 Å². The maximum Gasteiger partial charge on any atom is 0.181 e. The van der Waals surface area contributed by atoms with Crippen LogP contribution in [0.25, 0.3) is 20.7 Å². The molecule has 1 aromatic carbocycles. The molecule has 0 radical (unpaired) electrons. The standard InChI is InChI=1S/C16H18N2OS/c1-16(2,3)18-9-12-15(19-10-17-12)14-8-11-6-4-5-7-13(11)20-14/h4-8,10,18H,9H2,1-3H3. The van der Waals surface area contributed by atoms with Gasteiger partial charge in [0.25, 0.3) is 0 Å². The number of rotatable bonds is 3. The molecule has 2 aromatic heterocycles. The van der Waals surface area contributed by atoms with Crippen LogP contribution in [0.1, 0.15) is 26.5 Å². The summed E-state index contributed by atoms with van der Waals surface area (Å²) in [6.45, 7) is 7.15. The molecule has 0 aliphatic heterocycles. The first-order valence-corrected chi connectivity index (χ1v) is 7.51. The molecule has 0 bridgehead atoms. The van der Waals surface area contributed by atoms with Crippen molar-refractivity contribution in [1.29, 1.82) is 0 Å². The van der Waals surface area contributed by atoms with E-state index >= 15 is 0 Å². The zero-order valence-electron chi connectivity index (χ0n) is 11.9. The molecule has 2 heterocycles. The van der Waals surface area contributed by atoms with Gasteiger partial charge in [-0.2, -0.15) is 0 Å².